The maximum atomic E-state index is 12.1. The maximum absolute atomic E-state index is 12.1. The number of nitrogens with zero attached hydrogens (tertiary/aromatic N) is 2. The minimum atomic E-state index is -0.140. The van der Waals surface area contributed by atoms with E-state index < -0.39 is 0 Å². The first-order valence-electron chi connectivity index (χ1n) is 6.70. The van der Waals surface area contributed by atoms with E-state index in [2.05, 4.69) is 29.3 Å². The van der Waals surface area contributed by atoms with Gasteiger partial charge in [-0.2, -0.15) is 0 Å². The molecular weight excluding hydrogens is 240 g/mol. The number of aromatic nitrogens is 1. The van der Waals surface area contributed by atoms with Crippen LogP contribution in [0.25, 0.3) is 0 Å². The fraction of sp³-hybridized carbons (Fsp3) is 0.571. The molecule has 3 N–H and O–H groups in total. The fourth-order valence-corrected chi connectivity index (χ4v) is 2.75. The number of amides is 1. The molecule has 0 spiro atoms. The van der Waals surface area contributed by atoms with E-state index in [1.54, 1.807) is 12.3 Å². The van der Waals surface area contributed by atoms with E-state index in [1.807, 2.05) is 0 Å². The lowest BCUT2D eigenvalue weighted by atomic mass is 9.96. The SMILES string of the molecule is CN(C)C1(CNC(=O)c2cnccc2N)CCCC1. The summed E-state index contributed by atoms with van der Waals surface area (Å²) in [6, 6.07) is 1.65. The Morgan fingerprint density at radius 2 is 2.16 bits per heavy atom. The number of hydrogen-bond acceptors (Lipinski definition) is 4. The van der Waals surface area contributed by atoms with Gasteiger partial charge in [0.05, 0.1) is 5.56 Å². The van der Waals surface area contributed by atoms with Crippen molar-refractivity contribution in [3.63, 3.8) is 0 Å². The van der Waals surface area contributed by atoms with Gasteiger partial charge in [-0.1, -0.05) is 12.8 Å². The second-order valence-corrected chi connectivity index (χ2v) is 5.47. The van der Waals surface area contributed by atoms with Gasteiger partial charge in [-0.05, 0) is 33.0 Å². The number of likely N-dealkylation sites (N-methyl/N-ethyl adjacent to an activating group) is 1. The lowest BCUT2D eigenvalue weighted by molar-refractivity contribution is 0.0900. The summed E-state index contributed by atoms with van der Waals surface area (Å²) in [6.07, 6.45) is 7.81. The molecule has 1 fully saturated rings. The molecule has 0 bridgehead atoms. The first-order chi connectivity index (χ1) is 9.05. The van der Waals surface area contributed by atoms with Gasteiger partial charge in [-0.25, -0.2) is 0 Å². The largest absolute Gasteiger partial charge is 0.398 e. The normalized spacial score (nSPS) is 17.6. The van der Waals surface area contributed by atoms with Crippen LogP contribution in [0.3, 0.4) is 0 Å². The predicted molar refractivity (Wildman–Crippen MR) is 75.9 cm³/mol. The summed E-state index contributed by atoms with van der Waals surface area (Å²) < 4.78 is 0. The van der Waals surface area contributed by atoms with Gasteiger partial charge >= 0.3 is 0 Å². The zero-order valence-corrected chi connectivity index (χ0v) is 11.6. The summed E-state index contributed by atoms with van der Waals surface area (Å²) in [4.78, 5) is 18.3. The average Bonchev–Trinajstić information content (AvgIpc) is 2.86. The Morgan fingerprint density at radius 3 is 2.74 bits per heavy atom. The number of nitrogens with one attached hydrogen (secondary N) is 1. The summed E-state index contributed by atoms with van der Waals surface area (Å²) in [5, 5.41) is 3.00. The van der Waals surface area contributed by atoms with Crippen LogP contribution in [-0.2, 0) is 0 Å². The molecule has 5 nitrogen and oxygen atoms in total. The summed E-state index contributed by atoms with van der Waals surface area (Å²) in [6.45, 7) is 0.660. The Kier molecular flexibility index (Phi) is 4.04. The zero-order chi connectivity index (χ0) is 13.9. The van der Waals surface area contributed by atoms with Crippen molar-refractivity contribution in [3.8, 4) is 0 Å². The van der Waals surface area contributed by atoms with Crippen LogP contribution in [0.5, 0.6) is 0 Å². The van der Waals surface area contributed by atoms with Gasteiger partial charge in [0.15, 0.2) is 0 Å². The predicted octanol–water partition coefficient (Wildman–Crippen LogP) is 1.27. The Morgan fingerprint density at radius 1 is 1.47 bits per heavy atom. The molecule has 0 atom stereocenters. The number of hydrogen-bond donors (Lipinski definition) is 2. The lowest BCUT2D eigenvalue weighted by Gasteiger charge is -2.36. The topological polar surface area (TPSA) is 71.2 Å². The minimum Gasteiger partial charge on any atom is -0.398 e. The minimum absolute atomic E-state index is 0.0899. The van der Waals surface area contributed by atoms with E-state index in [0.717, 1.165) is 12.8 Å². The van der Waals surface area contributed by atoms with Gasteiger partial charge in [0.2, 0.25) is 0 Å². The van der Waals surface area contributed by atoms with E-state index in [-0.39, 0.29) is 11.4 Å². The van der Waals surface area contributed by atoms with E-state index in [4.69, 9.17) is 5.73 Å². The number of nitrogens with two attached hydrogens (primary N) is 1. The molecule has 0 radical (unpaired) electrons. The molecule has 0 unspecified atom stereocenters. The molecule has 1 amide bonds. The van der Waals surface area contributed by atoms with E-state index in [1.165, 1.54) is 19.0 Å². The smallest absolute Gasteiger partial charge is 0.255 e. The highest BCUT2D eigenvalue weighted by Crippen LogP contribution is 2.33. The zero-order valence-electron chi connectivity index (χ0n) is 11.6. The second kappa shape index (κ2) is 5.57. The van der Waals surface area contributed by atoms with Crippen molar-refractivity contribution in [3.05, 3.63) is 24.0 Å². The summed E-state index contributed by atoms with van der Waals surface area (Å²) >= 11 is 0. The summed E-state index contributed by atoms with van der Waals surface area (Å²) in [5.41, 5.74) is 6.80. The number of pyridine rings is 1. The van der Waals surface area contributed by atoms with Crippen molar-refractivity contribution in [1.29, 1.82) is 0 Å². The third-order valence-electron chi connectivity index (χ3n) is 4.16. The van der Waals surface area contributed by atoms with Gasteiger partial charge in [-0.3, -0.25) is 9.78 Å². The van der Waals surface area contributed by atoms with Gasteiger partial charge in [0.25, 0.3) is 5.91 Å². The summed E-state index contributed by atoms with van der Waals surface area (Å²) in [7, 11) is 4.16. The molecule has 5 heteroatoms. The maximum Gasteiger partial charge on any atom is 0.255 e. The highest BCUT2D eigenvalue weighted by Gasteiger charge is 2.36. The van der Waals surface area contributed by atoms with Crippen molar-refractivity contribution in [2.75, 3.05) is 26.4 Å². The first-order valence-corrected chi connectivity index (χ1v) is 6.70. The summed E-state index contributed by atoms with van der Waals surface area (Å²) in [5.74, 6) is -0.140. The molecule has 1 aromatic heterocycles. The molecule has 1 aliphatic carbocycles. The Labute approximate surface area is 114 Å². The highest BCUT2D eigenvalue weighted by atomic mass is 16.1. The second-order valence-electron chi connectivity index (χ2n) is 5.47. The number of rotatable bonds is 4. The van der Waals surface area contributed by atoms with Crippen molar-refractivity contribution in [2.45, 2.75) is 31.2 Å². The number of anilines is 1. The molecule has 1 aromatic rings. The lowest BCUT2D eigenvalue weighted by Crippen LogP contribution is -2.50. The van der Waals surface area contributed by atoms with Crippen molar-refractivity contribution in [1.82, 2.24) is 15.2 Å². The quantitative estimate of drug-likeness (QED) is 0.857. The first kappa shape index (κ1) is 13.8. The van der Waals surface area contributed by atoms with E-state index in [9.17, 15) is 4.79 Å². The van der Waals surface area contributed by atoms with Gasteiger partial charge in [0, 0.05) is 30.2 Å². The van der Waals surface area contributed by atoms with Crippen LogP contribution in [-0.4, -0.2) is 42.0 Å². The number of carbonyl (C=O) groups excluding carboxylic acids is 1. The van der Waals surface area contributed by atoms with Crippen molar-refractivity contribution in [2.24, 2.45) is 0 Å². The third kappa shape index (κ3) is 2.87. The third-order valence-corrected chi connectivity index (χ3v) is 4.16. The van der Waals surface area contributed by atoms with E-state index >= 15 is 0 Å². The molecule has 2 rings (SSSR count). The fourth-order valence-electron chi connectivity index (χ4n) is 2.75. The van der Waals surface area contributed by atoms with Crippen LogP contribution in [0, 0.1) is 0 Å². The van der Waals surface area contributed by atoms with Crippen LogP contribution < -0.4 is 11.1 Å². The standard InChI is InChI=1S/C14H22N4O/c1-18(2)14(6-3-4-7-14)10-17-13(19)11-9-16-8-5-12(11)15/h5,8-9H,3-4,6-7,10H2,1-2H3,(H2,15,16)(H,17,19). The Hall–Kier alpha value is -1.62. The number of nitrogen functional groups attached to an aromatic ring is 1. The molecule has 0 aliphatic heterocycles. The molecule has 0 saturated heterocycles. The highest BCUT2D eigenvalue weighted by molar-refractivity contribution is 5.98. The van der Waals surface area contributed by atoms with Crippen LogP contribution in [0.1, 0.15) is 36.0 Å². The van der Waals surface area contributed by atoms with Crippen molar-refractivity contribution >= 4 is 11.6 Å². The van der Waals surface area contributed by atoms with Crippen LogP contribution in [0.2, 0.25) is 0 Å². The molecule has 19 heavy (non-hydrogen) atoms. The van der Waals surface area contributed by atoms with Gasteiger partial charge in [0.1, 0.15) is 0 Å². The molecule has 1 heterocycles. The van der Waals surface area contributed by atoms with Crippen LogP contribution in [0.4, 0.5) is 5.69 Å². The molecule has 1 saturated carbocycles. The Bertz CT molecular complexity index is 453. The molecule has 1 aliphatic rings. The molecule has 104 valence electrons. The van der Waals surface area contributed by atoms with Crippen molar-refractivity contribution < 1.29 is 4.79 Å². The number of carbonyl (C=O) groups is 1. The van der Waals surface area contributed by atoms with E-state index in [0.29, 0.717) is 17.8 Å². The molecular formula is C14H22N4O. The molecule has 0 aromatic carbocycles. The Balaban J connectivity index is 2.02. The monoisotopic (exact) mass is 262 g/mol. The van der Waals surface area contributed by atoms with Gasteiger partial charge < -0.3 is 16.0 Å². The van der Waals surface area contributed by atoms with Crippen LogP contribution >= 0.6 is 0 Å². The van der Waals surface area contributed by atoms with Gasteiger partial charge in [-0.15, -0.1) is 0 Å². The average molecular weight is 262 g/mol. The van der Waals surface area contributed by atoms with Crippen LogP contribution in [0.15, 0.2) is 18.5 Å².